The van der Waals surface area contributed by atoms with Crippen LogP contribution in [-0.4, -0.2) is 19.4 Å². The maximum Gasteiger partial charge on any atom is 0.155 e. The lowest BCUT2D eigenvalue weighted by Crippen LogP contribution is -2.37. The van der Waals surface area contributed by atoms with Gasteiger partial charge in [0.05, 0.1) is 11.0 Å². The van der Waals surface area contributed by atoms with Gasteiger partial charge in [0.25, 0.3) is 0 Å². The summed E-state index contributed by atoms with van der Waals surface area (Å²) in [6.07, 6.45) is 2.15. The Labute approximate surface area is 123 Å². The summed E-state index contributed by atoms with van der Waals surface area (Å²) in [6, 6.07) is 9.44. The van der Waals surface area contributed by atoms with E-state index >= 15 is 0 Å². The number of fused-ring (bicyclic) bond motifs is 1. The van der Waals surface area contributed by atoms with Crippen molar-refractivity contribution >= 4 is 20.6 Å². The van der Waals surface area contributed by atoms with Crippen LogP contribution in [0.3, 0.4) is 0 Å². The Morgan fingerprint density at radius 1 is 1.10 bits per heavy atom. The number of benzene rings is 2. The number of hydrogen-bond acceptors (Lipinski definition) is 3. The zero-order valence-corrected chi connectivity index (χ0v) is 12.4. The van der Waals surface area contributed by atoms with Crippen LogP contribution < -0.4 is 5.73 Å². The molecule has 0 radical (unpaired) electrons. The largest absolute Gasteiger partial charge is 0.323 e. The smallest absolute Gasteiger partial charge is 0.155 e. The van der Waals surface area contributed by atoms with E-state index in [9.17, 15) is 12.8 Å². The first-order valence-electron chi connectivity index (χ1n) is 7.15. The average Bonchev–Trinajstić information content (AvgIpc) is 2.47. The third kappa shape index (κ3) is 2.56. The molecule has 0 saturated carbocycles. The van der Waals surface area contributed by atoms with Crippen LogP contribution in [0.4, 0.5) is 4.39 Å². The van der Waals surface area contributed by atoms with E-state index in [1.54, 1.807) is 24.3 Å². The third-order valence-corrected chi connectivity index (χ3v) is 6.60. The lowest BCUT2D eigenvalue weighted by Gasteiger charge is -2.28. The Hall–Kier alpha value is -1.46. The van der Waals surface area contributed by atoms with Crippen molar-refractivity contribution in [3.8, 4) is 0 Å². The van der Waals surface area contributed by atoms with E-state index in [1.807, 2.05) is 6.07 Å². The van der Waals surface area contributed by atoms with Crippen molar-refractivity contribution in [3.63, 3.8) is 0 Å². The van der Waals surface area contributed by atoms with Crippen molar-refractivity contribution in [2.75, 3.05) is 5.75 Å². The zero-order valence-electron chi connectivity index (χ0n) is 11.6. The van der Waals surface area contributed by atoms with Crippen LogP contribution in [0.15, 0.2) is 36.4 Å². The van der Waals surface area contributed by atoms with Gasteiger partial charge < -0.3 is 5.73 Å². The van der Waals surface area contributed by atoms with Gasteiger partial charge in [0.15, 0.2) is 9.84 Å². The SMILES string of the molecule is NC(c1ccc(F)c2ccccc12)C1CCCCS1(=O)=O. The molecule has 2 atom stereocenters. The van der Waals surface area contributed by atoms with Crippen LogP contribution in [-0.2, 0) is 9.84 Å². The zero-order chi connectivity index (χ0) is 15.0. The maximum absolute atomic E-state index is 13.9. The predicted molar refractivity (Wildman–Crippen MR) is 82.3 cm³/mol. The van der Waals surface area contributed by atoms with Crippen molar-refractivity contribution < 1.29 is 12.8 Å². The highest BCUT2D eigenvalue weighted by atomic mass is 32.2. The molecule has 0 aliphatic carbocycles. The van der Waals surface area contributed by atoms with Crippen LogP contribution in [0.5, 0.6) is 0 Å². The molecule has 2 aromatic rings. The van der Waals surface area contributed by atoms with Crippen LogP contribution in [0.1, 0.15) is 30.9 Å². The molecule has 1 fully saturated rings. The van der Waals surface area contributed by atoms with Crippen molar-refractivity contribution in [1.29, 1.82) is 0 Å². The van der Waals surface area contributed by atoms with Crippen molar-refractivity contribution in [1.82, 2.24) is 0 Å². The molecule has 1 heterocycles. The summed E-state index contributed by atoms with van der Waals surface area (Å²) in [5, 5.41) is 0.615. The Morgan fingerprint density at radius 2 is 1.81 bits per heavy atom. The highest BCUT2D eigenvalue weighted by Crippen LogP contribution is 2.33. The van der Waals surface area contributed by atoms with Crippen LogP contribution in [0.2, 0.25) is 0 Å². The Kier molecular flexibility index (Phi) is 3.71. The molecule has 3 rings (SSSR count). The van der Waals surface area contributed by atoms with Gasteiger partial charge in [-0.05, 0) is 29.9 Å². The standard InChI is InChI=1S/C16H18FNO2S/c17-14-9-8-13(11-5-1-2-6-12(11)14)16(18)15-7-3-4-10-21(15,19)20/h1-2,5-6,8-9,15-16H,3-4,7,10,18H2. The lowest BCUT2D eigenvalue weighted by molar-refractivity contribution is 0.505. The molecule has 112 valence electrons. The molecule has 0 spiro atoms. The summed E-state index contributed by atoms with van der Waals surface area (Å²) in [6.45, 7) is 0. The fourth-order valence-corrected chi connectivity index (χ4v) is 5.19. The summed E-state index contributed by atoms with van der Waals surface area (Å²) in [5.41, 5.74) is 6.97. The number of nitrogens with two attached hydrogens (primary N) is 1. The number of halogens is 1. The minimum atomic E-state index is -3.17. The molecule has 1 saturated heterocycles. The summed E-state index contributed by atoms with van der Waals surface area (Å²) in [7, 11) is -3.17. The molecule has 0 aromatic heterocycles. The fourth-order valence-electron chi connectivity index (χ4n) is 3.16. The molecular formula is C16H18FNO2S. The molecule has 0 amide bonds. The van der Waals surface area contributed by atoms with Crippen LogP contribution >= 0.6 is 0 Å². The first kappa shape index (κ1) is 14.5. The van der Waals surface area contributed by atoms with Gasteiger partial charge >= 0.3 is 0 Å². The van der Waals surface area contributed by atoms with Crippen molar-refractivity contribution in [3.05, 3.63) is 47.8 Å². The minimum Gasteiger partial charge on any atom is -0.323 e. The Morgan fingerprint density at radius 3 is 2.52 bits per heavy atom. The van der Waals surface area contributed by atoms with Gasteiger partial charge in [-0.25, -0.2) is 12.8 Å². The lowest BCUT2D eigenvalue weighted by atomic mass is 9.95. The van der Waals surface area contributed by atoms with Crippen molar-refractivity contribution in [2.24, 2.45) is 5.73 Å². The van der Waals surface area contributed by atoms with E-state index in [0.29, 0.717) is 29.2 Å². The van der Waals surface area contributed by atoms with E-state index in [2.05, 4.69) is 0 Å². The molecule has 2 aromatic carbocycles. The molecule has 2 unspecified atom stereocenters. The first-order valence-corrected chi connectivity index (χ1v) is 8.86. The monoisotopic (exact) mass is 307 g/mol. The summed E-state index contributed by atoms with van der Waals surface area (Å²) < 4.78 is 38.4. The highest BCUT2D eigenvalue weighted by molar-refractivity contribution is 7.92. The Bertz CT molecular complexity index is 773. The molecule has 3 nitrogen and oxygen atoms in total. The molecule has 1 aliphatic heterocycles. The second kappa shape index (κ2) is 5.39. The quantitative estimate of drug-likeness (QED) is 0.928. The van der Waals surface area contributed by atoms with E-state index in [0.717, 1.165) is 6.42 Å². The highest BCUT2D eigenvalue weighted by Gasteiger charge is 2.35. The minimum absolute atomic E-state index is 0.199. The van der Waals surface area contributed by atoms with Gasteiger partial charge in [0.1, 0.15) is 5.82 Å². The topological polar surface area (TPSA) is 60.2 Å². The van der Waals surface area contributed by atoms with Gasteiger partial charge in [0, 0.05) is 11.4 Å². The van der Waals surface area contributed by atoms with Gasteiger partial charge in [-0.1, -0.05) is 36.8 Å². The number of rotatable bonds is 2. The second-order valence-corrected chi connectivity index (χ2v) is 7.95. The van der Waals surface area contributed by atoms with Crippen LogP contribution in [0.25, 0.3) is 10.8 Å². The second-order valence-electron chi connectivity index (χ2n) is 5.61. The van der Waals surface area contributed by atoms with Crippen molar-refractivity contribution in [2.45, 2.75) is 30.6 Å². The normalized spacial score (nSPS) is 23.0. The van der Waals surface area contributed by atoms with Crippen LogP contribution in [0, 0.1) is 5.82 Å². The fraction of sp³-hybridized carbons (Fsp3) is 0.375. The molecular weight excluding hydrogens is 289 g/mol. The van der Waals surface area contributed by atoms with E-state index < -0.39 is 21.1 Å². The summed E-state index contributed by atoms with van der Waals surface area (Å²) in [4.78, 5) is 0. The van der Waals surface area contributed by atoms with Gasteiger partial charge in [-0.15, -0.1) is 0 Å². The number of sulfone groups is 1. The molecule has 2 N–H and O–H groups in total. The average molecular weight is 307 g/mol. The third-order valence-electron chi connectivity index (χ3n) is 4.29. The van der Waals surface area contributed by atoms with E-state index in [-0.39, 0.29) is 11.6 Å². The summed E-state index contributed by atoms with van der Waals surface area (Å²) in [5.74, 6) is -0.113. The Balaban J connectivity index is 2.10. The van der Waals surface area contributed by atoms with Gasteiger partial charge in [0.2, 0.25) is 0 Å². The maximum atomic E-state index is 13.9. The molecule has 5 heteroatoms. The molecule has 21 heavy (non-hydrogen) atoms. The summed E-state index contributed by atoms with van der Waals surface area (Å²) >= 11 is 0. The molecule has 0 bridgehead atoms. The number of hydrogen-bond donors (Lipinski definition) is 1. The van der Waals surface area contributed by atoms with E-state index in [1.165, 1.54) is 6.07 Å². The van der Waals surface area contributed by atoms with Gasteiger partial charge in [-0.2, -0.15) is 0 Å². The van der Waals surface area contributed by atoms with E-state index in [4.69, 9.17) is 5.73 Å². The predicted octanol–water partition coefficient (Wildman–Crippen LogP) is 2.95. The molecule has 1 aliphatic rings. The first-order chi connectivity index (χ1) is 10.0. The van der Waals surface area contributed by atoms with Gasteiger partial charge in [-0.3, -0.25) is 0 Å².